The summed E-state index contributed by atoms with van der Waals surface area (Å²) in [4.78, 5) is 10.7. The molecule has 108 heavy (non-hydrogen) atoms. The van der Waals surface area contributed by atoms with Gasteiger partial charge in [-0.05, 0) is 279 Å². The van der Waals surface area contributed by atoms with Crippen LogP contribution in [0, 0.1) is 0 Å². The quantitative estimate of drug-likeness (QED) is 0.0163. The molecule has 0 spiro atoms. The van der Waals surface area contributed by atoms with Crippen molar-refractivity contribution in [3.8, 4) is 0 Å². The summed E-state index contributed by atoms with van der Waals surface area (Å²) in [5.41, 5.74) is 21.6. The molecule has 4 bridgehead atoms. The summed E-state index contributed by atoms with van der Waals surface area (Å²) < 4.78 is 10.1. The average Bonchev–Trinajstić information content (AvgIpc) is 0.796. The van der Waals surface area contributed by atoms with Crippen molar-refractivity contribution < 1.29 is 0 Å². The first-order valence-electron chi connectivity index (χ1n) is 42.2. The van der Waals surface area contributed by atoms with E-state index in [1.165, 1.54) is 330 Å². The minimum atomic E-state index is 0.934. The van der Waals surface area contributed by atoms with Crippen molar-refractivity contribution in [2.45, 2.75) is 231 Å². The molecule has 592 valence electrons. The second-order valence-electron chi connectivity index (χ2n) is 30.0. The van der Waals surface area contributed by atoms with E-state index in [0.29, 0.717) is 0 Å². The summed E-state index contributed by atoms with van der Waals surface area (Å²) >= 11 is 20.3. The maximum atomic E-state index is 2.69. The van der Waals surface area contributed by atoms with Crippen LogP contribution < -0.4 is 19.6 Å². The number of nitrogens with zero attached hydrogens (tertiary/aromatic N) is 4. The highest BCUT2D eigenvalue weighted by molar-refractivity contribution is 14.1. The molecule has 0 fully saturated rings. The van der Waals surface area contributed by atoms with Crippen molar-refractivity contribution in [3.05, 3.63) is 188 Å². The van der Waals surface area contributed by atoms with Crippen LogP contribution >= 0.6 is 181 Å². The molecule has 0 unspecified atom stereocenters. The van der Waals surface area contributed by atoms with E-state index in [1.807, 2.05) is 0 Å². The number of halogens is 8. The Kier molecular flexibility index (Phi) is 53.1. The molecule has 0 atom stereocenters. The summed E-state index contributed by atoms with van der Waals surface area (Å²) in [7, 11) is 0. The monoisotopic (exact) mass is 2360 g/mol. The normalized spacial score (nSPS) is 12.4. The molecule has 0 radical (unpaired) electrons. The molecule has 0 saturated carbocycles. The number of hydrogen-bond acceptors (Lipinski definition) is 4. The minimum absolute atomic E-state index is 0.934. The number of anilines is 4. The predicted molar refractivity (Wildman–Crippen MR) is 557 cm³/mol. The van der Waals surface area contributed by atoms with E-state index in [1.54, 1.807) is 0 Å². The Hall–Kier alpha value is -0.680. The van der Waals surface area contributed by atoms with Gasteiger partial charge in [0.25, 0.3) is 0 Å². The van der Waals surface area contributed by atoms with Gasteiger partial charge in [-0.1, -0.05) is 405 Å². The van der Waals surface area contributed by atoms with E-state index in [0.717, 1.165) is 78.0 Å². The molecule has 10 rings (SSSR count). The first kappa shape index (κ1) is 94.5. The largest absolute Gasteiger partial charge is 0.372 e. The molecule has 6 aromatic carbocycles. The molecule has 0 amide bonds. The fourth-order valence-electron chi connectivity index (χ4n) is 14.9. The summed E-state index contributed by atoms with van der Waals surface area (Å²) in [5.74, 6) is 0. The van der Waals surface area contributed by atoms with Crippen molar-refractivity contribution in [3.63, 3.8) is 0 Å². The maximum absolute atomic E-state index is 2.69. The SMILES string of the molecule is ICCCCCCN(CCCCCCI)c1ccc(/C=C\c2cc3c(/C=C/c4ccc(N(CCCCCCI)CCCCCCI)cc4)cc2CCc2cc(/C=C/c4ccc(N(CCCCCCI)CCCCCCI)cc4)c(cc2/C=C/c2ccc(N(CCCCCCI)CCCCCCI)cc2)CC3)cc1. The highest BCUT2D eigenvalue weighted by Crippen LogP contribution is 2.33. The van der Waals surface area contributed by atoms with Crippen molar-refractivity contribution >= 4 is 252 Å². The first-order chi connectivity index (χ1) is 53.3. The van der Waals surface area contributed by atoms with Crippen LogP contribution in [0.4, 0.5) is 22.7 Å². The van der Waals surface area contributed by atoms with Crippen molar-refractivity contribution in [1.82, 2.24) is 0 Å². The van der Waals surface area contributed by atoms with E-state index in [9.17, 15) is 0 Å². The molecule has 12 heteroatoms. The molecule has 4 nitrogen and oxygen atoms in total. The number of hydrogen-bond donors (Lipinski definition) is 0. The van der Waals surface area contributed by atoms with E-state index in [2.05, 4.69) is 370 Å². The third-order valence-corrected chi connectivity index (χ3v) is 27.6. The minimum Gasteiger partial charge on any atom is -0.372 e. The molecule has 4 aliphatic carbocycles. The fourth-order valence-corrected chi connectivity index (χ4v) is 19.2. The Morgan fingerprint density at radius 3 is 0.481 bits per heavy atom. The van der Waals surface area contributed by atoms with Gasteiger partial charge in [0, 0.05) is 75.1 Å². The van der Waals surface area contributed by atoms with Gasteiger partial charge in [-0.25, -0.2) is 0 Å². The molecule has 0 aliphatic heterocycles. The zero-order valence-corrected chi connectivity index (χ0v) is 83.0. The van der Waals surface area contributed by atoms with E-state index in [-0.39, 0.29) is 0 Å². The standard InChI is InChI=1S/C96H132I8N4/c97-61-17-1-9-25-69-105(70-26-10-2-18-62-98)93-53-37-81(38-54-93)33-45-85-77-90-51-52-92-80-87(47-35-83-41-57-95(58-42-83)107(73-29-13-5-21-65-101)74-30-14-6-22-66-102)91(79-88(92)48-36-84-43-59-96(60-44-84)108(75-31-15-7-23-67-103)76-32-16-8-24-68-104)50-49-89(85)78-86(90)46-34-82-39-55-94(56-40-82)106(71-27-11-3-19-63-99)72-28-12-4-20-64-100/h33-48,53-60,77-80H,1-32,49-52,61-76H2/b45-33-,46-34+,47-35+,48-36+. The van der Waals surface area contributed by atoms with Crippen molar-refractivity contribution in [1.29, 1.82) is 0 Å². The van der Waals surface area contributed by atoms with Crippen LogP contribution in [0.1, 0.15) is 272 Å². The zero-order chi connectivity index (χ0) is 76.1. The lowest BCUT2D eigenvalue weighted by Crippen LogP contribution is -2.25. The Morgan fingerprint density at radius 1 is 0.185 bits per heavy atom. The molecule has 0 aromatic heterocycles. The lowest BCUT2D eigenvalue weighted by molar-refractivity contribution is 0.612. The maximum Gasteiger partial charge on any atom is 0.0366 e. The summed E-state index contributed by atoms with van der Waals surface area (Å²) in [5, 5.41) is 0. The smallest absolute Gasteiger partial charge is 0.0366 e. The van der Waals surface area contributed by atoms with Crippen LogP contribution in [0.3, 0.4) is 0 Å². The summed E-state index contributed by atoms with van der Waals surface area (Å²) in [6, 6.07) is 48.6. The molecular formula is C96H132I8N4. The van der Waals surface area contributed by atoms with Gasteiger partial charge in [-0.15, -0.1) is 0 Å². The average molecular weight is 2360 g/mol. The highest BCUT2D eigenvalue weighted by atomic mass is 127. The molecule has 6 aromatic rings. The van der Waals surface area contributed by atoms with Gasteiger partial charge in [0.2, 0.25) is 0 Å². The third kappa shape index (κ3) is 38.2. The van der Waals surface area contributed by atoms with Crippen molar-refractivity contribution in [2.24, 2.45) is 0 Å². The number of benzene rings is 6. The van der Waals surface area contributed by atoms with Crippen LogP contribution in [-0.4, -0.2) is 87.8 Å². The highest BCUT2D eigenvalue weighted by Gasteiger charge is 2.18. The lowest BCUT2D eigenvalue weighted by atomic mass is 9.86. The molecule has 0 heterocycles. The van der Waals surface area contributed by atoms with Gasteiger partial charge in [-0.2, -0.15) is 0 Å². The van der Waals surface area contributed by atoms with Crippen LogP contribution in [0.15, 0.2) is 121 Å². The number of aryl methyl sites for hydroxylation is 4. The van der Waals surface area contributed by atoms with E-state index >= 15 is 0 Å². The van der Waals surface area contributed by atoms with Crippen LogP contribution in [-0.2, 0) is 25.7 Å². The lowest BCUT2D eigenvalue weighted by Gasteiger charge is -2.25. The summed E-state index contributed by atoms with van der Waals surface area (Å²) in [6.07, 6.45) is 65.2. The van der Waals surface area contributed by atoms with Crippen LogP contribution in [0.2, 0.25) is 0 Å². The zero-order valence-electron chi connectivity index (χ0n) is 65.7. The first-order valence-corrected chi connectivity index (χ1v) is 54.4. The Balaban J connectivity index is 1.26. The molecular weight excluding hydrogens is 2220 g/mol. The predicted octanol–water partition coefficient (Wildman–Crippen LogP) is 31.4. The molecule has 4 aliphatic rings. The second kappa shape index (κ2) is 60.8. The van der Waals surface area contributed by atoms with E-state index < -0.39 is 0 Å². The van der Waals surface area contributed by atoms with Gasteiger partial charge in [0.15, 0.2) is 0 Å². The second-order valence-corrected chi connectivity index (χ2v) is 38.6. The summed E-state index contributed by atoms with van der Waals surface area (Å²) in [6.45, 7) is 9.15. The van der Waals surface area contributed by atoms with Gasteiger partial charge in [0.05, 0.1) is 0 Å². The van der Waals surface area contributed by atoms with E-state index in [4.69, 9.17) is 0 Å². The molecule has 0 saturated heterocycles. The van der Waals surface area contributed by atoms with Gasteiger partial charge >= 0.3 is 0 Å². The topological polar surface area (TPSA) is 13.0 Å². The van der Waals surface area contributed by atoms with Gasteiger partial charge in [-0.3, -0.25) is 0 Å². The molecule has 0 N–H and O–H groups in total. The number of alkyl halides is 8. The van der Waals surface area contributed by atoms with Gasteiger partial charge < -0.3 is 19.6 Å². The Bertz CT molecular complexity index is 2910. The fraction of sp³-hybridized carbons (Fsp3) is 0.542. The number of rotatable bonds is 60. The van der Waals surface area contributed by atoms with Gasteiger partial charge in [0.1, 0.15) is 0 Å². The Morgan fingerprint density at radius 2 is 0.333 bits per heavy atom. The van der Waals surface area contributed by atoms with Crippen LogP contribution in [0.25, 0.3) is 48.6 Å². The number of unbranched alkanes of at least 4 members (excludes halogenated alkanes) is 24. The van der Waals surface area contributed by atoms with Crippen LogP contribution in [0.5, 0.6) is 0 Å². The third-order valence-electron chi connectivity index (χ3n) is 21.5. The Labute approximate surface area is 768 Å². The van der Waals surface area contributed by atoms with Crippen molar-refractivity contribution in [2.75, 3.05) is 107 Å².